The van der Waals surface area contributed by atoms with Crippen molar-refractivity contribution in [3.8, 4) is 11.5 Å². The zero-order valence-electron chi connectivity index (χ0n) is 18.4. The lowest BCUT2D eigenvalue weighted by Gasteiger charge is -2.20. The van der Waals surface area contributed by atoms with E-state index in [-0.39, 0.29) is 27.5 Å². The van der Waals surface area contributed by atoms with E-state index in [1.807, 2.05) is 0 Å². The molecule has 0 radical (unpaired) electrons. The minimum Gasteiger partial charge on any atom is -0.455 e. The predicted octanol–water partition coefficient (Wildman–Crippen LogP) is 4.11. The van der Waals surface area contributed by atoms with Crippen molar-refractivity contribution in [3.63, 3.8) is 0 Å². The number of hydrogen-bond donors (Lipinski definition) is 1. The summed E-state index contributed by atoms with van der Waals surface area (Å²) < 4.78 is 34.5. The zero-order valence-corrected chi connectivity index (χ0v) is 20.0. The summed E-state index contributed by atoms with van der Waals surface area (Å²) in [6.45, 7) is 4.10. The highest BCUT2D eigenvalue weighted by molar-refractivity contribution is 7.89. The standard InChI is InChI=1S/C23H24ClN3O5S/c1-4-27(5-2)33(30,31)19-10-11-21(32-18-8-6-17(24)7-9-18)20(15-19)25-23(29)16-12-13-26(3)22(28)14-16/h6-15H,4-5H2,1-3H3,(H,25,29). The van der Waals surface area contributed by atoms with Crippen LogP contribution in [-0.4, -0.2) is 36.3 Å². The molecule has 1 aromatic heterocycles. The number of nitrogens with one attached hydrogen (secondary N) is 1. The van der Waals surface area contributed by atoms with Crippen LogP contribution in [0.1, 0.15) is 24.2 Å². The SMILES string of the molecule is CCN(CC)S(=O)(=O)c1ccc(Oc2ccc(Cl)cc2)c(NC(=O)c2ccn(C)c(=O)c2)c1. The Bertz CT molecular complexity index is 1320. The molecule has 8 nitrogen and oxygen atoms in total. The van der Waals surface area contributed by atoms with Gasteiger partial charge in [0.15, 0.2) is 5.75 Å². The van der Waals surface area contributed by atoms with E-state index in [0.29, 0.717) is 23.9 Å². The molecule has 33 heavy (non-hydrogen) atoms. The molecule has 0 bridgehead atoms. The van der Waals surface area contributed by atoms with Crippen molar-refractivity contribution in [1.82, 2.24) is 8.87 Å². The molecule has 0 atom stereocenters. The molecule has 0 saturated carbocycles. The van der Waals surface area contributed by atoms with E-state index in [0.717, 1.165) is 0 Å². The van der Waals surface area contributed by atoms with E-state index in [9.17, 15) is 18.0 Å². The maximum Gasteiger partial charge on any atom is 0.256 e. The van der Waals surface area contributed by atoms with Gasteiger partial charge in [-0.15, -0.1) is 0 Å². The number of carbonyl (C=O) groups is 1. The fourth-order valence-electron chi connectivity index (χ4n) is 3.08. The Morgan fingerprint density at radius 2 is 1.73 bits per heavy atom. The molecule has 1 N–H and O–H groups in total. The summed E-state index contributed by atoms with van der Waals surface area (Å²) >= 11 is 5.92. The van der Waals surface area contributed by atoms with Gasteiger partial charge in [0.2, 0.25) is 10.0 Å². The summed E-state index contributed by atoms with van der Waals surface area (Å²) in [5, 5.41) is 3.20. The first-order valence-corrected chi connectivity index (χ1v) is 12.0. The quantitative estimate of drug-likeness (QED) is 0.513. The molecule has 0 aliphatic rings. The Morgan fingerprint density at radius 3 is 2.33 bits per heavy atom. The molecular formula is C23H24ClN3O5S. The minimum atomic E-state index is -3.78. The number of pyridine rings is 1. The van der Waals surface area contributed by atoms with Crippen LogP contribution in [0.15, 0.2) is 70.5 Å². The van der Waals surface area contributed by atoms with Crippen molar-refractivity contribution >= 4 is 33.2 Å². The van der Waals surface area contributed by atoms with Gasteiger partial charge < -0.3 is 14.6 Å². The molecule has 3 aromatic rings. The molecule has 0 unspecified atom stereocenters. The van der Waals surface area contributed by atoms with E-state index in [2.05, 4.69) is 5.32 Å². The van der Waals surface area contributed by atoms with Crippen molar-refractivity contribution < 1.29 is 17.9 Å². The molecule has 0 fully saturated rings. The maximum atomic E-state index is 13.0. The molecule has 3 rings (SSSR count). The molecule has 2 aromatic carbocycles. The average Bonchev–Trinajstić information content (AvgIpc) is 2.78. The summed E-state index contributed by atoms with van der Waals surface area (Å²) in [5.41, 5.74) is -0.0745. The Balaban J connectivity index is 2.03. The summed E-state index contributed by atoms with van der Waals surface area (Å²) in [6.07, 6.45) is 1.48. The number of ether oxygens (including phenoxy) is 1. The van der Waals surface area contributed by atoms with E-state index in [4.69, 9.17) is 16.3 Å². The van der Waals surface area contributed by atoms with Crippen molar-refractivity contribution in [2.24, 2.45) is 7.05 Å². The minimum absolute atomic E-state index is 0.00827. The summed E-state index contributed by atoms with van der Waals surface area (Å²) in [4.78, 5) is 24.8. The maximum absolute atomic E-state index is 13.0. The first kappa shape index (κ1) is 24.5. The number of hydrogen-bond acceptors (Lipinski definition) is 5. The van der Waals surface area contributed by atoms with Gasteiger partial charge in [0.25, 0.3) is 11.5 Å². The second-order valence-electron chi connectivity index (χ2n) is 7.12. The van der Waals surface area contributed by atoms with Gasteiger partial charge in [0.1, 0.15) is 5.75 Å². The number of carbonyl (C=O) groups excluding carboxylic acids is 1. The summed E-state index contributed by atoms with van der Waals surface area (Å²) in [6, 6.07) is 13.5. The van der Waals surface area contributed by atoms with Gasteiger partial charge in [-0.25, -0.2) is 8.42 Å². The first-order chi connectivity index (χ1) is 15.6. The van der Waals surface area contributed by atoms with Crippen LogP contribution < -0.4 is 15.6 Å². The monoisotopic (exact) mass is 489 g/mol. The molecular weight excluding hydrogens is 466 g/mol. The highest BCUT2D eigenvalue weighted by Crippen LogP contribution is 2.33. The van der Waals surface area contributed by atoms with Gasteiger partial charge in [-0.2, -0.15) is 4.31 Å². The molecule has 0 aliphatic heterocycles. The fraction of sp³-hybridized carbons (Fsp3) is 0.217. The Morgan fingerprint density at radius 1 is 1.06 bits per heavy atom. The lowest BCUT2D eigenvalue weighted by Crippen LogP contribution is -2.30. The van der Waals surface area contributed by atoms with Crippen molar-refractivity contribution in [2.75, 3.05) is 18.4 Å². The Labute approximate surface area is 197 Å². The topological polar surface area (TPSA) is 97.7 Å². The Kier molecular flexibility index (Phi) is 7.57. The van der Waals surface area contributed by atoms with Gasteiger partial charge in [-0.05, 0) is 48.5 Å². The second kappa shape index (κ2) is 10.2. The van der Waals surface area contributed by atoms with E-state index < -0.39 is 15.9 Å². The van der Waals surface area contributed by atoms with E-state index in [1.54, 1.807) is 45.2 Å². The van der Waals surface area contributed by atoms with Crippen LogP contribution in [0, 0.1) is 0 Å². The van der Waals surface area contributed by atoms with Crippen molar-refractivity contribution in [3.05, 3.63) is 81.7 Å². The van der Waals surface area contributed by atoms with Crippen LogP contribution in [0.2, 0.25) is 5.02 Å². The summed E-state index contributed by atoms with van der Waals surface area (Å²) in [5.74, 6) is 0.0990. The first-order valence-electron chi connectivity index (χ1n) is 10.2. The average molecular weight is 490 g/mol. The van der Waals surface area contributed by atoms with Gasteiger partial charge >= 0.3 is 0 Å². The number of nitrogens with zero attached hydrogens (tertiary/aromatic N) is 2. The number of halogens is 1. The van der Waals surface area contributed by atoms with E-state index in [1.165, 1.54) is 45.4 Å². The third-order valence-electron chi connectivity index (χ3n) is 4.95. The van der Waals surface area contributed by atoms with Gasteiger partial charge in [-0.3, -0.25) is 9.59 Å². The molecule has 1 heterocycles. The molecule has 10 heteroatoms. The number of amides is 1. The second-order valence-corrected chi connectivity index (χ2v) is 9.50. The number of rotatable bonds is 8. The molecule has 0 spiro atoms. The fourth-order valence-corrected chi connectivity index (χ4v) is 4.69. The zero-order chi connectivity index (χ0) is 24.2. The predicted molar refractivity (Wildman–Crippen MR) is 128 cm³/mol. The van der Waals surface area contributed by atoms with Crippen LogP contribution in [0.5, 0.6) is 11.5 Å². The highest BCUT2D eigenvalue weighted by atomic mass is 35.5. The van der Waals surface area contributed by atoms with Crippen LogP contribution in [0.4, 0.5) is 5.69 Å². The summed E-state index contributed by atoms with van der Waals surface area (Å²) in [7, 11) is -2.20. The highest BCUT2D eigenvalue weighted by Gasteiger charge is 2.24. The van der Waals surface area contributed by atoms with Gasteiger partial charge in [0.05, 0.1) is 10.6 Å². The lowest BCUT2D eigenvalue weighted by molar-refractivity contribution is 0.102. The van der Waals surface area contributed by atoms with Crippen molar-refractivity contribution in [2.45, 2.75) is 18.7 Å². The number of aromatic nitrogens is 1. The van der Waals surface area contributed by atoms with Crippen LogP contribution >= 0.6 is 11.6 Å². The largest absolute Gasteiger partial charge is 0.455 e. The van der Waals surface area contributed by atoms with Crippen LogP contribution in [0.25, 0.3) is 0 Å². The molecule has 174 valence electrons. The van der Waals surface area contributed by atoms with E-state index >= 15 is 0 Å². The lowest BCUT2D eigenvalue weighted by atomic mass is 10.2. The Hall–Kier alpha value is -3.14. The number of benzene rings is 2. The number of sulfonamides is 1. The van der Waals surface area contributed by atoms with Crippen molar-refractivity contribution in [1.29, 1.82) is 0 Å². The molecule has 0 saturated heterocycles. The normalized spacial score (nSPS) is 11.4. The van der Waals surface area contributed by atoms with Crippen LogP contribution in [-0.2, 0) is 17.1 Å². The van der Waals surface area contributed by atoms with Gasteiger partial charge in [-0.1, -0.05) is 25.4 Å². The third kappa shape index (κ3) is 5.62. The molecule has 1 amide bonds. The molecule has 0 aliphatic carbocycles. The third-order valence-corrected chi connectivity index (χ3v) is 7.25. The van der Waals surface area contributed by atoms with Crippen LogP contribution in [0.3, 0.4) is 0 Å². The van der Waals surface area contributed by atoms with Gasteiger partial charge in [0, 0.05) is 43.0 Å². The number of anilines is 1. The smallest absolute Gasteiger partial charge is 0.256 e. The number of aryl methyl sites for hydroxylation is 1.